The highest BCUT2D eigenvalue weighted by atomic mass is 14.2. The van der Waals surface area contributed by atoms with Gasteiger partial charge in [-0.25, -0.2) is 0 Å². The topological polar surface area (TPSA) is 0 Å². The van der Waals surface area contributed by atoms with E-state index >= 15 is 0 Å². The molecule has 0 N–H and O–H groups in total. The average Bonchev–Trinajstić information content (AvgIpc) is 3.22. The molecule has 0 saturated heterocycles. The van der Waals surface area contributed by atoms with Gasteiger partial charge >= 0.3 is 0 Å². The summed E-state index contributed by atoms with van der Waals surface area (Å²) in [4.78, 5) is 0. The predicted octanol–water partition coefficient (Wildman–Crippen LogP) is 7.32. The summed E-state index contributed by atoms with van der Waals surface area (Å²) in [6.45, 7) is 0. The van der Waals surface area contributed by atoms with E-state index in [0.29, 0.717) is 0 Å². The van der Waals surface area contributed by atoms with Crippen LogP contribution in [0.3, 0.4) is 0 Å². The zero-order valence-corrected chi connectivity index (χ0v) is 14.4. The molecule has 0 spiro atoms. The third kappa shape index (κ3) is 2.44. The highest BCUT2D eigenvalue weighted by Gasteiger charge is 2.20. The van der Waals surface area contributed by atoms with Crippen LogP contribution in [0.4, 0.5) is 0 Å². The first-order valence-corrected chi connectivity index (χ1v) is 9.41. The maximum absolute atomic E-state index is 2.35. The monoisotopic (exact) mass is 322 g/mol. The minimum Gasteiger partial charge on any atom is -0.0619 e. The summed E-state index contributed by atoms with van der Waals surface area (Å²) in [7, 11) is 0. The van der Waals surface area contributed by atoms with E-state index in [4.69, 9.17) is 0 Å². The van der Waals surface area contributed by atoms with E-state index in [1.807, 2.05) is 0 Å². The van der Waals surface area contributed by atoms with Gasteiger partial charge < -0.3 is 0 Å². The molecule has 1 aliphatic rings. The Kier molecular flexibility index (Phi) is 3.56. The molecule has 0 heterocycles. The van der Waals surface area contributed by atoms with Crippen LogP contribution in [-0.4, -0.2) is 0 Å². The third-order valence-electron chi connectivity index (χ3n) is 5.83. The van der Waals surface area contributed by atoms with Gasteiger partial charge in [0.05, 0.1) is 0 Å². The first kappa shape index (κ1) is 14.7. The van der Waals surface area contributed by atoms with Crippen molar-refractivity contribution in [1.82, 2.24) is 0 Å². The molecular weight excluding hydrogens is 300 g/mol. The molecule has 1 saturated carbocycles. The van der Waals surface area contributed by atoms with E-state index in [0.717, 1.165) is 5.92 Å². The van der Waals surface area contributed by atoms with Gasteiger partial charge in [-0.1, -0.05) is 91.7 Å². The number of rotatable bonds is 2. The van der Waals surface area contributed by atoms with Crippen molar-refractivity contribution in [3.63, 3.8) is 0 Å². The molecule has 5 rings (SSSR count). The molecule has 0 heteroatoms. The average molecular weight is 322 g/mol. The number of hydrogen-bond donors (Lipinski definition) is 0. The van der Waals surface area contributed by atoms with Crippen LogP contribution < -0.4 is 0 Å². The fraction of sp³-hybridized carbons (Fsp3) is 0.200. The summed E-state index contributed by atoms with van der Waals surface area (Å²) in [5.74, 6) is 0.729. The van der Waals surface area contributed by atoms with Crippen molar-refractivity contribution < 1.29 is 0 Å². The Labute approximate surface area is 149 Å². The largest absolute Gasteiger partial charge is 0.0619 e. The van der Waals surface area contributed by atoms with Gasteiger partial charge in [0, 0.05) is 0 Å². The summed E-state index contributed by atoms with van der Waals surface area (Å²) in [5, 5.41) is 5.39. The lowest BCUT2D eigenvalue weighted by atomic mass is 9.87. The van der Waals surface area contributed by atoms with E-state index in [1.165, 1.54) is 58.4 Å². The molecule has 0 unspecified atom stereocenters. The molecule has 122 valence electrons. The smallest absolute Gasteiger partial charge is 0.00989 e. The van der Waals surface area contributed by atoms with Crippen molar-refractivity contribution in [2.75, 3.05) is 0 Å². The second-order valence-corrected chi connectivity index (χ2v) is 7.26. The maximum atomic E-state index is 2.35. The van der Waals surface area contributed by atoms with Gasteiger partial charge in [0.25, 0.3) is 0 Å². The molecule has 0 radical (unpaired) electrons. The summed E-state index contributed by atoms with van der Waals surface area (Å²) in [6.07, 6.45) is 5.42. The van der Waals surface area contributed by atoms with Gasteiger partial charge in [0.1, 0.15) is 0 Å². The lowest BCUT2D eigenvalue weighted by Crippen LogP contribution is -1.96. The highest BCUT2D eigenvalue weighted by molar-refractivity contribution is 6.12. The quantitative estimate of drug-likeness (QED) is 0.339. The van der Waals surface area contributed by atoms with Crippen LogP contribution in [0.5, 0.6) is 0 Å². The first-order chi connectivity index (χ1) is 12.4. The second-order valence-electron chi connectivity index (χ2n) is 7.26. The minimum absolute atomic E-state index is 0.729. The van der Waals surface area contributed by atoms with Crippen molar-refractivity contribution >= 4 is 21.5 Å². The van der Waals surface area contributed by atoms with Crippen molar-refractivity contribution in [1.29, 1.82) is 0 Å². The molecule has 0 aliphatic heterocycles. The molecule has 4 aromatic rings. The van der Waals surface area contributed by atoms with Crippen LogP contribution in [0.15, 0.2) is 78.9 Å². The van der Waals surface area contributed by atoms with Crippen molar-refractivity contribution in [2.45, 2.75) is 31.6 Å². The van der Waals surface area contributed by atoms with Crippen LogP contribution in [0.25, 0.3) is 32.7 Å². The summed E-state index contributed by atoms with van der Waals surface area (Å²) < 4.78 is 0. The van der Waals surface area contributed by atoms with Crippen molar-refractivity contribution in [3.8, 4) is 11.1 Å². The third-order valence-corrected chi connectivity index (χ3v) is 5.83. The Hall–Kier alpha value is -2.60. The fourth-order valence-electron chi connectivity index (χ4n) is 4.61. The molecule has 4 aromatic carbocycles. The first-order valence-electron chi connectivity index (χ1n) is 9.41. The molecule has 25 heavy (non-hydrogen) atoms. The zero-order chi connectivity index (χ0) is 16.6. The van der Waals surface area contributed by atoms with E-state index in [1.54, 1.807) is 5.56 Å². The Morgan fingerprint density at radius 2 is 1.24 bits per heavy atom. The summed E-state index contributed by atoms with van der Waals surface area (Å²) in [5.41, 5.74) is 4.35. The van der Waals surface area contributed by atoms with Crippen LogP contribution in [0.2, 0.25) is 0 Å². The predicted molar refractivity (Wildman–Crippen MR) is 108 cm³/mol. The van der Waals surface area contributed by atoms with Crippen LogP contribution in [0.1, 0.15) is 37.2 Å². The lowest BCUT2D eigenvalue weighted by Gasteiger charge is -2.17. The summed E-state index contributed by atoms with van der Waals surface area (Å²) >= 11 is 0. The molecule has 0 aromatic heterocycles. The molecule has 1 fully saturated rings. The van der Waals surface area contributed by atoms with Gasteiger partial charge in [0.2, 0.25) is 0 Å². The number of hydrogen-bond acceptors (Lipinski definition) is 0. The van der Waals surface area contributed by atoms with E-state index in [-0.39, 0.29) is 0 Å². The zero-order valence-electron chi connectivity index (χ0n) is 14.4. The Balaban J connectivity index is 1.78. The van der Waals surface area contributed by atoms with Gasteiger partial charge in [-0.2, -0.15) is 0 Å². The van der Waals surface area contributed by atoms with Crippen molar-refractivity contribution in [2.24, 2.45) is 0 Å². The van der Waals surface area contributed by atoms with Crippen LogP contribution in [0, 0.1) is 0 Å². The van der Waals surface area contributed by atoms with E-state index in [2.05, 4.69) is 78.9 Å². The molecule has 0 atom stereocenters. The van der Waals surface area contributed by atoms with Crippen molar-refractivity contribution in [3.05, 3.63) is 84.4 Å². The standard InChI is InChI=1S/C25H22/c1-2-9-18(8-1)20-12-5-6-13-22(20)24-15-7-14-23-21-11-4-3-10-19(21)16-17-25(23)24/h3-7,10-18H,1-2,8-9H2. The summed E-state index contributed by atoms with van der Waals surface area (Å²) in [6, 6.07) is 29.1. The highest BCUT2D eigenvalue weighted by Crippen LogP contribution is 2.41. The molecule has 0 nitrogen and oxygen atoms in total. The molecular formula is C25H22. The van der Waals surface area contributed by atoms with E-state index in [9.17, 15) is 0 Å². The van der Waals surface area contributed by atoms with Gasteiger partial charge in [-0.15, -0.1) is 0 Å². The minimum atomic E-state index is 0.729. The van der Waals surface area contributed by atoms with Gasteiger partial charge in [0.15, 0.2) is 0 Å². The Bertz CT molecular complexity index is 1050. The SMILES string of the molecule is c1ccc(C2CCCC2)c(-c2cccc3c2ccc2ccccc23)c1. The van der Waals surface area contributed by atoms with Crippen LogP contribution in [-0.2, 0) is 0 Å². The molecule has 1 aliphatic carbocycles. The fourth-order valence-corrected chi connectivity index (χ4v) is 4.61. The maximum Gasteiger partial charge on any atom is -0.00989 e. The normalized spacial score (nSPS) is 15.2. The Morgan fingerprint density at radius 1 is 0.520 bits per heavy atom. The van der Waals surface area contributed by atoms with Gasteiger partial charge in [-0.3, -0.25) is 0 Å². The Morgan fingerprint density at radius 3 is 2.16 bits per heavy atom. The molecule has 0 bridgehead atoms. The number of benzene rings is 4. The number of fused-ring (bicyclic) bond motifs is 3. The van der Waals surface area contributed by atoms with E-state index < -0.39 is 0 Å². The van der Waals surface area contributed by atoms with Crippen LogP contribution >= 0.6 is 0 Å². The molecule has 0 amide bonds. The second kappa shape index (κ2) is 6.04. The lowest BCUT2D eigenvalue weighted by molar-refractivity contribution is 0.725. The van der Waals surface area contributed by atoms with Gasteiger partial charge in [-0.05, 0) is 57.0 Å².